The lowest BCUT2D eigenvalue weighted by Gasteiger charge is -2.15. The van der Waals surface area contributed by atoms with Crippen LogP contribution in [0.5, 0.6) is 0 Å². The second kappa shape index (κ2) is 5.03. The Morgan fingerprint density at radius 1 is 1.12 bits per heavy atom. The summed E-state index contributed by atoms with van der Waals surface area (Å²) in [5, 5.41) is 3.62. The van der Waals surface area contributed by atoms with E-state index in [9.17, 15) is 0 Å². The molecular formula is C15H23NS. The Kier molecular flexibility index (Phi) is 3.84. The van der Waals surface area contributed by atoms with Gasteiger partial charge in [0.15, 0.2) is 0 Å². The van der Waals surface area contributed by atoms with Crippen LogP contribution in [-0.4, -0.2) is 17.5 Å². The molecule has 2 rings (SSSR count). The first kappa shape index (κ1) is 13.0. The van der Waals surface area contributed by atoms with Crippen molar-refractivity contribution in [2.24, 2.45) is 0 Å². The second-order valence-corrected chi connectivity index (χ2v) is 6.63. The van der Waals surface area contributed by atoms with E-state index in [4.69, 9.17) is 0 Å². The highest BCUT2D eigenvalue weighted by molar-refractivity contribution is 8.00. The highest BCUT2D eigenvalue weighted by atomic mass is 32.2. The molecule has 1 N–H and O–H groups in total. The van der Waals surface area contributed by atoms with Crippen LogP contribution < -0.4 is 5.32 Å². The number of thioether (sulfide) groups is 1. The molecule has 94 valence electrons. The van der Waals surface area contributed by atoms with E-state index in [0.29, 0.717) is 4.75 Å². The third-order valence-electron chi connectivity index (χ3n) is 3.96. The Morgan fingerprint density at radius 2 is 1.76 bits per heavy atom. The van der Waals surface area contributed by atoms with E-state index in [1.54, 1.807) is 0 Å². The van der Waals surface area contributed by atoms with Gasteiger partial charge < -0.3 is 5.32 Å². The van der Waals surface area contributed by atoms with Gasteiger partial charge in [-0.2, -0.15) is 11.8 Å². The van der Waals surface area contributed by atoms with Gasteiger partial charge >= 0.3 is 0 Å². The largest absolute Gasteiger partial charge is 0.311 e. The molecule has 1 saturated carbocycles. The van der Waals surface area contributed by atoms with Crippen LogP contribution in [0.25, 0.3) is 0 Å². The van der Waals surface area contributed by atoms with E-state index in [0.717, 1.165) is 13.1 Å². The Hall–Kier alpha value is -0.470. The van der Waals surface area contributed by atoms with Gasteiger partial charge in [-0.15, -0.1) is 0 Å². The molecule has 1 aliphatic carbocycles. The summed E-state index contributed by atoms with van der Waals surface area (Å²) in [6.45, 7) is 8.76. The Balaban J connectivity index is 1.93. The molecule has 0 bridgehead atoms. The summed E-state index contributed by atoms with van der Waals surface area (Å²) in [6.07, 6.45) is 5.00. The van der Waals surface area contributed by atoms with Gasteiger partial charge in [0.25, 0.3) is 0 Å². The molecule has 17 heavy (non-hydrogen) atoms. The minimum Gasteiger partial charge on any atom is -0.311 e. The van der Waals surface area contributed by atoms with E-state index in [2.05, 4.69) is 44.5 Å². The van der Waals surface area contributed by atoms with Gasteiger partial charge in [0.1, 0.15) is 0 Å². The zero-order chi connectivity index (χ0) is 12.5. The lowest BCUT2D eigenvalue weighted by Crippen LogP contribution is -2.25. The quantitative estimate of drug-likeness (QED) is 0.856. The zero-order valence-electron chi connectivity index (χ0n) is 11.4. The fourth-order valence-electron chi connectivity index (χ4n) is 2.23. The summed E-state index contributed by atoms with van der Waals surface area (Å²) < 4.78 is 0.563. The molecule has 1 nitrogen and oxygen atoms in total. The normalized spacial score (nSPS) is 17.2. The molecule has 1 aromatic rings. The number of hydrogen-bond acceptors (Lipinski definition) is 2. The van der Waals surface area contributed by atoms with Crippen molar-refractivity contribution >= 4 is 11.8 Å². The lowest BCUT2D eigenvalue weighted by molar-refractivity contribution is 0.661. The Morgan fingerprint density at radius 3 is 2.35 bits per heavy atom. The van der Waals surface area contributed by atoms with Crippen LogP contribution in [0.15, 0.2) is 12.1 Å². The Labute approximate surface area is 109 Å². The van der Waals surface area contributed by atoms with Crippen LogP contribution in [0, 0.1) is 20.8 Å². The summed E-state index contributed by atoms with van der Waals surface area (Å²) >= 11 is 2.02. The van der Waals surface area contributed by atoms with Crippen LogP contribution in [0.2, 0.25) is 0 Å². The SMILES string of the molecule is CSC1(CNCc2cc(C)c(C)cc2C)CC1. The predicted molar refractivity (Wildman–Crippen MR) is 77.8 cm³/mol. The summed E-state index contributed by atoms with van der Waals surface area (Å²) in [5.41, 5.74) is 5.66. The van der Waals surface area contributed by atoms with Gasteiger partial charge in [0, 0.05) is 17.8 Å². The molecule has 0 radical (unpaired) electrons. The molecule has 1 aliphatic rings. The first-order chi connectivity index (χ1) is 8.06. The first-order valence-electron chi connectivity index (χ1n) is 6.39. The molecule has 0 saturated heterocycles. The van der Waals surface area contributed by atoms with Crippen LogP contribution in [0.3, 0.4) is 0 Å². The maximum Gasteiger partial charge on any atom is 0.0282 e. The number of benzene rings is 1. The van der Waals surface area contributed by atoms with Gasteiger partial charge in [0.05, 0.1) is 0 Å². The van der Waals surface area contributed by atoms with E-state index in [1.165, 1.54) is 35.1 Å². The van der Waals surface area contributed by atoms with Crippen LogP contribution in [0.4, 0.5) is 0 Å². The third kappa shape index (κ3) is 3.05. The standard InChI is InChI=1S/C15H23NS/c1-11-7-13(3)14(8-12(11)2)9-16-10-15(17-4)5-6-15/h7-8,16H,5-6,9-10H2,1-4H3. The van der Waals surface area contributed by atoms with Crippen molar-refractivity contribution in [1.82, 2.24) is 5.32 Å². The molecule has 0 spiro atoms. The highest BCUT2D eigenvalue weighted by Gasteiger charge is 2.41. The lowest BCUT2D eigenvalue weighted by atomic mass is 10.0. The van der Waals surface area contributed by atoms with Crippen molar-refractivity contribution in [3.05, 3.63) is 34.4 Å². The van der Waals surface area contributed by atoms with E-state index >= 15 is 0 Å². The molecule has 0 unspecified atom stereocenters. The average molecular weight is 249 g/mol. The maximum atomic E-state index is 3.62. The fraction of sp³-hybridized carbons (Fsp3) is 0.600. The Bertz CT molecular complexity index is 408. The van der Waals surface area contributed by atoms with Gasteiger partial charge in [-0.05, 0) is 62.1 Å². The number of nitrogens with one attached hydrogen (secondary N) is 1. The molecular weight excluding hydrogens is 226 g/mol. The molecule has 0 atom stereocenters. The maximum absolute atomic E-state index is 3.62. The minimum atomic E-state index is 0.563. The van der Waals surface area contributed by atoms with Gasteiger partial charge in [-0.1, -0.05) is 12.1 Å². The van der Waals surface area contributed by atoms with Crippen molar-refractivity contribution in [2.45, 2.75) is 44.9 Å². The molecule has 2 heteroatoms. The molecule has 0 aliphatic heterocycles. The number of hydrogen-bond donors (Lipinski definition) is 1. The summed E-state index contributed by atoms with van der Waals surface area (Å²) in [4.78, 5) is 0. The monoisotopic (exact) mass is 249 g/mol. The van der Waals surface area contributed by atoms with Crippen molar-refractivity contribution in [2.75, 3.05) is 12.8 Å². The third-order valence-corrected chi connectivity index (χ3v) is 5.37. The molecule has 0 heterocycles. The topological polar surface area (TPSA) is 12.0 Å². The van der Waals surface area contributed by atoms with Gasteiger partial charge in [0.2, 0.25) is 0 Å². The van der Waals surface area contributed by atoms with Crippen LogP contribution in [-0.2, 0) is 6.54 Å². The summed E-state index contributed by atoms with van der Waals surface area (Å²) in [7, 11) is 0. The summed E-state index contributed by atoms with van der Waals surface area (Å²) in [6, 6.07) is 4.63. The average Bonchev–Trinajstić information content (AvgIpc) is 3.06. The highest BCUT2D eigenvalue weighted by Crippen LogP contribution is 2.46. The predicted octanol–water partition coefficient (Wildman–Crippen LogP) is 3.60. The van der Waals surface area contributed by atoms with Crippen molar-refractivity contribution in [3.8, 4) is 0 Å². The fourth-order valence-corrected chi connectivity index (χ4v) is 2.98. The molecule has 1 fully saturated rings. The van der Waals surface area contributed by atoms with Crippen molar-refractivity contribution in [3.63, 3.8) is 0 Å². The van der Waals surface area contributed by atoms with E-state index in [1.807, 2.05) is 11.8 Å². The van der Waals surface area contributed by atoms with Gasteiger partial charge in [-0.25, -0.2) is 0 Å². The van der Waals surface area contributed by atoms with E-state index < -0.39 is 0 Å². The molecule has 1 aromatic carbocycles. The molecule has 0 aromatic heterocycles. The smallest absolute Gasteiger partial charge is 0.0282 e. The zero-order valence-corrected chi connectivity index (χ0v) is 12.2. The van der Waals surface area contributed by atoms with Crippen LogP contribution >= 0.6 is 11.8 Å². The van der Waals surface area contributed by atoms with Crippen molar-refractivity contribution < 1.29 is 0 Å². The first-order valence-corrected chi connectivity index (χ1v) is 7.61. The summed E-state index contributed by atoms with van der Waals surface area (Å²) in [5.74, 6) is 0. The second-order valence-electron chi connectivity index (χ2n) is 5.35. The van der Waals surface area contributed by atoms with Crippen LogP contribution in [0.1, 0.15) is 35.1 Å². The molecule has 0 amide bonds. The number of rotatable bonds is 5. The van der Waals surface area contributed by atoms with E-state index in [-0.39, 0.29) is 0 Å². The minimum absolute atomic E-state index is 0.563. The van der Waals surface area contributed by atoms with Crippen molar-refractivity contribution in [1.29, 1.82) is 0 Å². The van der Waals surface area contributed by atoms with Gasteiger partial charge in [-0.3, -0.25) is 0 Å². The number of aryl methyl sites for hydroxylation is 3.